The van der Waals surface area contributed by atoms with Crippen LogP contribution in [0.1, 0.15) is 91.4 Å². The van der Waals surface area contributed by atoms with Crippen LogP contribution in [0.5, 0.6) is 0 Å². The lowest BCUT2D eigenvalue weighted by molar-refractivity contribution is -0.136. The molecule has 24 heavy (non-hydrogen) atoms. The number of carbonyl (C=O) groups is 2. The summed E-state index contributed by atoms with van der Waals surface area (Å²) in [5.41, 5.74) is 3.52. The molecule has 0 saturated carbocycles. The third-order valence-corrected chi connectivity index (χ3v) is 5.29. The van der Waals surface area contributed by atoms with Gasteiger partial charge >= 0.3 is 0 Å². The maximum absolute atomic E-state index is 12.5. The van der Waals surface area contributed by atoms with Gasteiger partial charge in [-0.3, -0.25) is 14.5 Å². The van der Waals surface area contributed by atoms with Crippen molar-refractivity contribution in [2.24, 2.45) is 0 Å². The zero-order chi connectivity index (χ0) is 17.5. The highest BCUT2D eigenvalue weighted by molar-refractivity contribution is 6.26. The Bertz CT molecular complexity index is 506. The number of fused-ring (bicyclic) bond motifs is 1. The minimum absolute atomic E-state index is 0.0553. The van der Waals surface area contributed by atoms with Gasteiger partial charge in [0.1, 0.15) is 0 Å². The van der Waals surface area contributed by atoms with Crippen LogP contribution in [0.2, 0.25) is 0 Å². The van der Waals surface area contributed by atoms with E-state index < -0.39 is 0 Å². The highest BCUT2D eigenvalue weighted by Gasteiger charge is 2.42. The van der Waals surface area contributed by atoms with Crippen molar-refractivity contribution in [2.75, 3.05) is 6.54 Å². The summed E-state index contributed by atoms with van der Waals surface area (Å²) in [5, 5.41) is 0. The number of amides is 2. The molecule has 0 N–H and O–H groups in total. The van der Waals surface area contributed by atoms with Gasteiger partial charge in [-0.15, -0.1) is 0 Å². The number of imide groups is 1. The Morgan fingerprint density at radius 2 is 1.12 bits per heavy atom. The standard InChI is InChI=1S/C21H33NO2/c1-4-5-6-7-8-9-10-11-12-13-14-22-20(23)18-16(2)15-17(3)19(18)21(22)24/h4-15H2,1-3H3. The summed E-state index contributed by atoms with van der Waals surface area (Å²) in [6, 6.07) is 0. The van der Waals surface area contributed by atoms with Crippen LogP contribution in [0, 0.1) is 0 Å². The first-order valence-corrected chi connectivity index (χ1v) is 9.84. The summed E-state index contributed by atoms with van der Waals surface area (Å²) in [6.45, 7) is 6.78. The molecule has 0 bridgehead atoms. The monoisotopic (exact) mass is 331 g/mol. The van der Waals surface area contributed by atoms with Crippen molar-refractivity contribution in [1.82, 2.24) is 4.90 Å². The SMILES string of the molecule is CCCCCCCCCCCCN1C(=O)C2=C(C)CC(C)=C2C1=O. The molecule has 1 fully saturated rings. The first-order chi connectivity index (χ1) is 11.6. The van der Waals surface area contributed by atoms with Crippen molar-refractivity contribution in [1.29, 1.82) is 0 Å². The van der Waals surface area contributed by atoms with Crippen LogP contribution >= 0.6 is 0 Å². The third kappa shape index (κ3) is 4.37. The van der Waals surface area contributed by atoms with Gasteiger partial charge in [-0.05, 0) is 26.7 Å². The molecular formula is C21H33NO2. The van der Waals surface area contributed by atoms with Crippen LogP contribution in [0.4, 0.5) is 0 Å². The van der Waals surface area contributed by atoms with E-state index in [4.69, 9.17) is 0 Å². The molecule has 134 valence electrons. The van der Waals surface area contributed by atoms with Crippen LogP contribution in [0.25, 0.3) is 0 Å². The molecule has 0 radical (unpaired) electrons. The molecule has 2 aliphatic rings. The summed E-state index contributed by atoms with van der Waals surface area (Å²) >= 11 is 0. The predicted molar refractivity (Wildman–Crippen MR) is 98.6 cm³/mol. The van der Waals surface area contributed by atoms with Gasteiger partial charge in [0.15, 0.2) is 0 Å². The zero-order valence-corrected chi connectivity index (χ0v) is 15.7. The highest BCUT2D eigenvalue weighted by Crippen LogP contribution is 2.38. The topological polar surface area (TPSA) is 37.4 Å². The van der Waals surface area contributed by atoms with E-state index in [2.05, 4.69) is 6.92 Å². The lowest BCUT2D eigenvalue weighted by atomic mass is 10.1. The van der Waals surface area contributed by atoms with Crippen LogP contribution in [0.15, 0.2) is 22.3 Å². The summed E-state index contributed by atoms with van der Waals surface area (Å²) < 4.78 is 0. The lowest BCUT2D eigenvalue weighted by Crippen LogP contribution is -2.31. The number of allylic oxidation sites excluding steroid dienone is 2. The molecule has 1 saturated heterocycles. The summed E-state index contributed by atoms with van der Waals surface area (Å²) in [6.07, 6.45) is 13.4. The first-order valence-electron chi connectivity index (χ1n) is 9.84. The number of nitrogens with zero attached hydrogens (tertiary/aromatic N) is 1. The fraction of sp³-hybridized carbons (Fsp3) is 0.714. The van der Waals surface area contributed by atoms with Crippen molar-refractivity contribution in [3.05, 3.63) is 22.3 Å². The largest absolute Gasteiger partial charge is 0.274 e. The number of likely N-dealkylation sites (tertiary alicyclic amines) is 1. The molecule has 3 heteroatoms. The van der Waals surface area contributed by atoms with Crippen molar-refractivity contribution in [2.45, 2.75) is 91.4 Å². The molecule has 0 spiro atoms. The Morgan fingerprint density at radius 1 is 0.708 bits per heavy atom. The van der Waals surface area contributed by atoms with Gasteiger partial charge in [0, 0.05) is 6.54 Å². The van der Waals surface area contributed by atoms with Crippen molar-refractivity contribution in [3.63, 3.8) is 0 Å². The van der Waals surface area contributed by atoms with E-state index in [0.29, 0.717) is 17.7 Å². The molecule has 1 aliphatic carbocycles. The van der Waals surface area contributed by atoms with Gasteiger partial charge in [-0.25, -0.2) is 0 Å². The molecule has 0 atom stereocenters. The maximum atomic E-state index is 12.5. The Labute approximate surface area is 147 Å². The Kier molecular flexibility index (Phi) is 7.26. The molecule has 2 amide bonds. The normalized spacial score (nSPS) is 17.5. The Morgan fingerprint density at radius 3 is 1.58 bits per heavy atom. The van der Waals surface area contributed by atoms with Gasteiger partial charge in [-0.1, -0.05) is 75.9 Å². The Hall–Kier alpha value is -1.38. The summed E-state index contributed by atoms with van der Waals surface area (Å²) in [7, 11) is 0. The number of unbranched alkanes of at least 4 members (excludes halogenated alkanes) is 9. The summed E-state index contributed by atoms with van der Waals surface area (Å²) in [5.74, 6) is -0.111. The quantitative estimate of drug-likeness (QED) is 0.380. The molecule has 0 aromatic rings. The van der Waals surface area contributed by atoms with Gasteiger partial charge in [0.2, 0.25) is 0 Å². The second-order valence-electron chi connectivity index (χ2n) is 7.43. The number of carbonyl (C=O) groups excluding carboxylic acids is 2. The number of hydrogen-bond acceptors (Lipinski definition) is 2. The lowest BCUT2D eigenvalue weighted by Gasteiger charge is -2.14. The number of hydrogen-bond donors (Lipinski definition) is 0. The minimum Gasteiger partial charge on any atom is -0.274 e. The maximum Gasteiger partial charge on any atom is 0.261 e. The van der Waals surface area contributed by atoms with Gasteiger partial charge in [0.05, 0.1) is 11.1 Å². The average molecular weight is 332 g/mol. The first kappa shape index (κ1) is 19.0. The smallest absolute Gasteiger partial charge is 0.261 e. The molecule has 1 heterocycles. The van der Waals surface area contributed by atoms with Crippen LogP contribution in [-0.4, -0.2) is 23.3 Å². The van der Waals surface area contributed by atoms with Crippen molar-refractivity contribution < 1.29 is 9.59 Å². The zero-order valence-electron chi connectivity index (χ0n) is 15.7. The van der Waals surface area contributed by atoms with E-state index in [1.165, 1.54) is 56.3 Å². The second kappa shape index (κ2) is 9.19. The third-order valence-electron chi connectivity index (χ3n) is 5.29. The number of rotatable bonds is 11. The van der Waals surface area contributed by atoms with E-state index in [1.807, 2.05) is 13.8 Å². The molecule has 2 rings (SSSR count). The van der Waals surface area contributed by atoms with Gasteiger partial charge in [-0.2, -0.15) is 0 Å². The molecule has 1 aliphatic heterocycles. The fourth-order valence-corrected chi connectivity index (χ4v) is 3.90. The molecule has 0 unspecified atom stereocenters. The average Bonchev–Trinajstić information content (AvgIpc) is 2.98. The van der Waals surface area contributed by atoms with Crippen LogP contribution in [0.3, 0.4) is 0 Å². The minimum atomic E-state index is -0.0553. The highest BCUT2D eigenvalue weighted by atomic mass is 16.2. The second-order valence-corrected chi connectivity index (χ2v) is 7.43. The van der Waals surface area contributed by atoms with Crippen molar-refractivity contribution >= 4 is 11.8 Å². The molecular weight excluding hydrogens is 298 g/mol. The molecule has 0 aromatic carbocycles. The van der Waals surface area contributed by atoms with E-state index in [-0.39, 0.29) is 11.8 Å². The van der Waals surface area contributed by atoms with Gasteiger partial charge in [0.25, 0.3) is 11.8 Å². The summed E-state index contributed by atoms with van der Waals surface area (Å²) in [4.78, 5) is 26.4. The molecule has 3 nitrogen and oxygen atoms in total. The van der Waals surface area contributed by atoms with E-state index >= 15 is 0 Å². The van der Waals surface area contributed by atoms with Gasteiger partial charge < -0.3 is 0 Å². The van der Waals surface area contributed by atoms with E-state index in [9.17, 15) is 9.59 Å². The van der Waals surface area contributed by atoms with Crippen molar-refractivity contribution in [3.8, 4) is 0 Å². The van der Waals surface area contributed by atoms with Crippen LogP contribution in [-0.2, 0) is 9.59 Å². The Balaban J connectivity index is 1.63. The van der Waals surface area contributed by atoms with E-state index in [0.717, 1.165) is 30.4 Å². The fourth-order valence-electron chi connectivity index (χ4n) is 3.90. The van der Waals surface area contributed by atoms with E-state index in [1.54, 1.807) is 0 Å². The van der Waals surface area contributed by atoms with Crippen LogP contribution < -0.4 is 0 Å². The molecule has 0 aromatic heterocycles. The predicted octanol–water partition coefficient (Wildman–Crippen LogP) is 5.31.